The minimum Gasteiger partial charge on any atom is -0.490 e. The summed E-state index contributed by atoms with van der Waals surface area (Å²) in [6.45, 7) is 4.75. The quantitative estimate of drug-likeness (QED) is 0.338. The van der Waals surface area contributed by atoms with Crippen LogP contribution < -0.4 is 14.4 Å². The number of benzene rings is 2. The van der Waals surface area contributed by atoms with Gasteiger partial charge in [0.15, 0.2) is 5.92 Å². The van der Waals surface area contributed by atoms with Gasteiger partial charge < -0.3 is 24.2 Å². The van der Waals surface area contributed by atoms with Crippen molar-refractivity contribution in [2.24, 2.45) is 29.6 Å². The van der Waals surface area contributed by atoms with Gasteiger partial charge in [0.05, 0.1) is 37.9 Å². The molecule has 2 aromatic carbocycles. The highest BCUT2D eigenvalue weighted by Crippen LogP contribution is 2.47. The maximum atomic E-state index is 13.6. The van der Waals surface area contributed by atoms with E-state index in [4.69, 9.17) is 25.8 Å². The number of anilines is 1. The van der Waals surface area contributed by atoms with Crippen LogP contribution in [0.25, 0.3) is 0 Å². The van der Waals surface area contributed by atoms with Gasteiger partial charge in [0.1, 0.15) is 5.75 Å². The van der Waals surface area contributed by atoms with Crippen molar-refractivity contribution in [1.82, 2.24) is 4.72 Å². The second-order valence-electron chi connectivity index (χ2n) is 14.8. The molecule has 11 nitrogen and oxygen atoms in total. The molecule has 7 atom stereocenters. The van der Waals surface area contributed by atoms with E-state index < -0.39 is 57.0 Å². The highest BCUT2D eigenvalue weighted by Gasteiger charge is 2.47. The molecule has 2 bridgehead atoms. The monoisotopic (exact) mass is 730 g/mol. The Morgan fingerprint density at radius 3 is 2.50 bits per heavy atom. The number of hydrogen-bond donors (Lipinski definition) is 2. The Morgan fingerprint density at radius 2 is 1.82 bits per heavy atom. The number of nitrogens with one attached hydrogen (secondary N) is 1. The van der Waals surface area contributed by atoms with Crippen LogP contribution in [0.3, 0.4) is 0 Å². The fourth-order valence-electron chi connectivity index (χ4n) is 8.71. The Bertz CT molecular complexity index is 1740. The standard InChI is InChI=1S/C37H47ClN2O9S/c1-21-14-26(33(35(43)47-3)36(44)48-4)17-31(41)28-10-7-25(28)18-40-19-37(13-5-6-23-15-27(38)9-11-29(23)37)20-49-32-12-8-24(16-30(32)40)34(42)39-50(45,46)22(21)2/h8-9,11-12,15-16,21-22,25-26,28,31,33,41H,5-7,10,13-14,17-20H2,1-4H3,(H,39,42)/t21-,22+,25-,26+,28+,31-,37-/m0/s1. The molecule has 0 saturated heterocycles. The van der Waals surface area contributed by atoms with Crippen LogP contribution in [-0.2, 0) is 40.9 Å². The van der Waals surface area contributed by atoms with Gasteiger partial charge in [-0.15, -0.1) is 0 Å². The van der Waals surface area contributed by atoms with Gasteiger partial charge in [-0.05, 0) is 117 Å². The van der Waals surface area contributed by atoms with Crippen LogP contribution in [0.5, 0.6) is 5.75 Å². The van der Waals surface area contributed by atoms with E-state index in [1.807, 2.05) is 12.1 Å². The second-order valence-corrected chi connectivity index (χ2v) is 17.2. The number of sulfonamides is 1. The Hall–Kier alpha value is -3.35. The molecule has 2 heterocycles. The fourth-order valence-corrected chi connectivity index (χ4v) is 10.2. The van der Waals surface area contributed by atoms with Crippen LogP contribution in [0, 0.1) is 29.6 Å². The molecular weight excluding hydrogens is 684 g/mol. The van der Waals surface area contributed by atoms with E-state index in [1.54, 1.807) is 25.1 Å². The molecule has 2 aromatic rings. The Balaban J connectivity index is 1.42. The van der Waals surface area contributed by atoms with Crippen LogP contribution in [0.2, 0.25) is 5.02 Å². The van der Waals surface area contributed by atoms with E-state index in [-0.39, 0.29) is 35.7 Å². The van der Waals surface area contributed by atoms with Crippen LogP contribution in [-0.4, -0.2) is 76.6 Å². The van der Waals surface area contributed by atoms with Gasteiger partial charge in [-0.3, -0.25) is 14.4 Å². The van der Waals surface area contributed by atoms with Crippen molar-refractivity contribution in [3.05, 3.63) is 58.1 Å². The molecule has 2 aliphatic heterocycles. The minimum atomic E-state index is -4.21. The summed E-state index contributed by atoms with van der Waals surface area (Å²) in [5.74, 6) is -4.58. The number of aliphatic hydroxyl groups excluding tert-OH is 1. The lowest BCUT2D eigenvalue weighted by molar-refractivity contribution is -0.162. The average molecular weight is 731 g/mol. The number of hydrogen-bond acceptors (Lipinski definition) is 10. The molecule has 1 amide bonds. The summed E-state index contributed by atoms with van der Waals surface area (Å²) in [5.41, 5.74) is 2.88. The molecule has 2 N–H and O–H groups in total. The van der Waals surface area contributed by atoms with Gasteiger partial charge in [0, 0.05) is 29.1 Å². The van der Waals surface area contributed by atoms with Gasteiger partial charge in [-0.25, -0.2) is 13.1 Å². The van der Waals surface area contributed by atoms with E-state index >= 15 is 0 Å². The number of aryl methyl sites for hydroxylation is 1. The smallest absolute Gasteiger partial charge is 0.320 e. The van der Waals surface area contributed by atoms with Crippen molar-refractivity contribution >= 4 is 45.2 Å². The largest absolute Gasteiger partial charge is 0.490 e. The molecule has 0 unspecified atom stereocenters. The molecule has 1 spiro atoms. The second kappa shape index (κ2) is 14.3. The Kier molecular flexibility index (Phi) is 10.5. The van der Waals surface area contributed by atoms with Crippen molar-refractivity contribution in [1.29, 1.82) is 0 Å². The van der Waals surface area contributed by atoms with Crippen LogP contribution in [0.4, 0.5) is 5.69 Å². The Morgan fingerprint density at radius 1 is 1.08 bits per heavy atom. The lowest BCUT2D eigenvalue weighted by Gasteiger charge is -2.46. The number of carbonyl (C=O) groups excluding carboxylic acids is 3. The lowest BCUT2D eigenvalue weighted by atomic mass is 9.66. The molecule has 2 aliphatic carbocycles. The highest BCUT2D eigenvalue weighted by atomic mass is 35.5. The van der Waals surface area contributed by atoms with Gasteiger partial charge >= 0.3 is 11.9 Å². The van der Waals surface area contributed by atoms with E-state index in [0.29, 0.717) is 36.2 Å². The van der Waals surface area contributed by atoms with E-state index in [0.717, 1.165) is 32.1 Å². The minimum absolute atomic E-state index is 0.0683. The predicted octanol–water partition coefficient (Wildman–Crippen LogP) is 4.66. The number of ether oxygens (including phenoxy) is 3. The molecule has 272 valence electrons. The van der Waals surface area contributed by atoms with Crippen LogP contribution in [0.1, 0.15) is 73.9 Å². The average Bonchev–Trinajstić information content (AvgIpc) is 3.22. The SMILES string of the molecule is COC(=O)C(C(=O)OC)[C@@H]1C[C@H](C)[C@@H](C)S(=O)(=O)NC(=O)c2ccc3c(c2)N(C[C@@H]2CC[C@H]2[C@@H](O)C1)C[C@@]1(CCCc2cc(Cl)ccc21)CO3. The lowest BCUT2D eigenvalue weighted by Crippen LogP contribution is -2.50. The topological polar surface area (TPSA) is 149 Å². The van der Waals surface area contributed by atoms with Gasteiger partial charge in [-0.1, -0.05) is 24.6 Å². The molecule has 4 aliphatic rings. The summed E-state index contributed by atoms with van der Waals surface area (Å²) in [5, 5.41) is 11.4. The van der Waals surface area contributed by atoms with E-state index in [1.165, 1.54) is 32.3 Å². The first-order valence-electron chi connectivity index (χ1n) is 17.5. The maximum Gasteiger partial charge on any atom is 0.320 e. The Labute approximate surface area is 299 Å². The maximum absolute atomic E-state index is 13.6. The number of nitrogens with zero attached hydrogens (tertiary/aromatic N) is 1. The molecule has 50 heavy (non-hydrogen) atoms. The molecule has 13 heteroatoms. The number of halogens is 1. The number of methoxy groups -OCH3 is 2. The van der Waals surface area contributed by atoms with Crippen LogP contribution in [0.15, 0.2) is 36.4 Å². The first kappa shape index (κ1) is 36.4. The van der Waals surface area contributed by atoms with Gasteiger partial charge in [-0.2, -0.15) is 0 Å². The zero-order chi connectivity index (χ0) is 36.0. The highest BCUT2D eigenvalue weighted by molar-refractivity contribution is 7.90. The van der Waals surface area contributed by atoms with Crippen molar-refractivity contribution in [2.75, 3.05) is 38.8 Å². The number of rotatable bonds is 3. The summed E-state index contributed by atoms with van der Waals surface area (Å²) in [7, 11) is -1.85. The number of carbonyl (C=O) groups is 3. The summed E-state index contributed by atoms with van der Waals surface area (Å²) < 4.78 is 46.0. The third-order valence-corrected chi connectivity index (χ3v) is 14.0. The third-order valence-electron chi connectivity index (χ3n) is 11.9. The normalized spacial score (nSPS) is 30.9. The number of fused-ring (bicyclic) bond motifs is 4. The van der Waals surface area contributed by atoms with E-state index in [2.05, 4.69) is 15.7 Å². The van der Waals surface area contributed by atoms with Crippen molar-refractivity contribution in [3.63, 3.8) is 0 Å². The summed E-state index contributed by atoms with van der Waals surface area (Å²) in [6, 6.07) is 11.1. The molecule has 6 rings (SSSR count). The zero-order valence-corrected chi connectivity index (χ0v) is 30.6. The van der Waals surface area contributed by atoms with Crippen LogP contribution >= 0.6 is 11.6 Å². The van der Waals surface area contributed by atoms with Crippen molar-refractivity contribution in [3.8, 4) is 5.75 Å². The molecule has 1 saturated carbocycles. The van der Waals surface area contributed by atoms with Gasteiger partial charge in [0.25, 0.3) is 5.91 Å². The van der Waals surface area contributed by atoms with Crippen molar-refractivity contribution in [2.45, 2.75) is 75.6 Å². The number of amides is 1. The first-order chi connectivity index (χ1) is 23.8. The number of esters is 2. The van der Waals surface area contributed by atoms with Crippen molar-refractivity contribution < 1.29 is 42.1 Å². The molecule has 0 aromatic heterocycles. The first-order valence-corrected chi connectivity index (χ1v) is 19.4. The van der Waals surface area contributed by atoms with Gasteiger partial charge in [0.2, 0.25) is 10.0 Å². The molecule has 1 fully saturated rings. The predicted molar refractivity (Wildman–Crippen MR) is 188 cm³/mol. The zero-order valence-electron chi connectivity index (χ0n) is 29.0. The third kappa shape index (κ3) is 6.95. The molecular formula is C37H47ClN2O9S. The summed E-state index contributed by atoms with van der Waals surface area (Å²) >= 11 is 6.41. The summed E-state index contributed by atoms with van der Waals surface area (Å²) in [6.07, 6.45) is 3.66. The fraction of sp³-hybridized carbons (Fsp3) is 0.595. The molecule has 0 radical (unpaired) electrons. The summed E-state index contributed by atoms with van der Waals surface area (Å²) in [4.78, 5) is 41.8. The van der Waals surface area contributed by atoms with E-state index in [9.17, 15) is 27.9 Å². The number of aliphatic hydroxyl groups is 1.